The normalized spacial score (nSPS) is 20.3. The number of likely N-dealkylation sites (N-methyl/N-ethyl adjacent to an activating group) is 1. The number of likely N-dealkylation sites (tertiary alicyclic amines) is 1. The number of carbonyl (C=O) groups is 2. The summed E-state index contributed by atoms with van der Waals surface area (Å²) in [4.78, 5) is 44.3. The number of primary amides is 1. The zero-order valence-corrected chi connectivity index (χ0v) is 29.3. The predicted octanol–water partition coefficient (Wildman–Crippen LogP) is 4.61. The summed E-state index contributed by atoms with van der Waals surface area (Å²) in [5.74, 6) is 0.248. The van der Waals surface area contributed by atoms with Crippen molar-refractivity contribution < 1.29 is 14.3 Å². The zero-order valence-electron chi connectivity index (χ0n) is 29.3. The van der Waals surface area contributed by atoms with Gasteiger partial charge in [-0.15, -0.1) is 0 Å². The molecule has 0 bridgehead atoms. The Labute approximate surface area is 280 Å². The van der Waals surface area contributed by atoms with Gasteiger partial charge in [0, 0.05) is 69.8 Å². The van der Waals surface area contributed by atoms with Crippen molar-refractivity contribution in [2.45, 2.75) is 90.8 Å². The molecule has 258 valence electrons. The Kier molecular flexibility index (Phi) is 11.1. The minimum Gasteiger partial charge on any atom is -0.444 e. The molecule has 0 unspecified atom stereocenters. The molecule has 4 heterocycles. The summed E-state index contributed by atoms with van der Waals surface area (Å²) in [5, 5.41) is 6.77. The van der Waals surface area contributed by atoms with Gasteiger partial charge in [0.05, 0.1) is 11.7 Å². The quantitative estimate of drug-likeness (QED) is 0.354. The van der Waals surface area contributed by atoms with E-state index in [9.17, 15) is 9.59 Å². The van der Waals surface area contributed by atoms with Crippen LogP contribution in [0.4, 0.5) is 27.8 Å². The van der Waals surface area contributed by atoms with Crippen molar-refractivity contribution in [2.24, 2.45) is 5.73 Å². The number of hydrogen-bond donors (Lipinski definition) is 3. The Bertz CT molecular complexity index is 1400. The van der Waals surface area contributed by atoms with Crippen LogP contribution in [0, 0.1) is 6.92 Å². The minimum absolute atomic E-state index is 0.0425. The molecule has 3 saturated heterocycles. The standard InChI is InChI=1S/C35H55N9O3/c1-7-28-32(37-23-27-10-8-9-15-44(27)34(46)47-35(3,4)5)40-33(30(39-28)31(36)45)38-25-11-12-29(24(2)22-25)43-16-13-26(14-17-43)42-20-18-41(6)19-21-42/h11-12,22,26-27H,7-10,13-21,23H2,1-6H3,(H2,36,45)(H2,37,38,40)/t27-/m0/s1. The van der Waals surface area contributed by atoms with E-state index in [0.29, 0.717) is 42.9 Å². The predicted molar refractivity (Wildman–Crippen MR) is 188 cm³/mol. The number of benzene rings is 1. The average molecular weight is 650 g/mol. The highest BCUT2D eigenvalue weighted by Gasteiger charge is 2.31. The fourth-order valence-electron chi connectivity index (χ4n) is 6.99. The highest BCUT2D eigenvalue weighted by molar-refractivity contribution is 5.96. The van der Waals surface area contributed by atoms with Crippen LogP contribution in [0.1, 0.15) is 81.5 Å². The van der Waals surface area contributed by atoms with Crippen LogP contribution < -0.4 is 21.3 Å². The smallest absolute Gasteiger partial charge is 0.410 e. The van der Waals surface area contributed by atoms with Crippen molar-refractivity contribution in [1.82, 2.24) is 24.7 Å². The van der Waals surface area contributed by atoms with Gasteiger partial charge in [0.15, 0.2) is 11.5 Å². The van der Waals surface area contributed by atoms with Crippen molar-refractivity contribution in [3.8, 4) is 0 Å². The van der Waals surface area contributed by atoms with Crippen LogP contribution in [0.15, 0.2) is 18.2 Å². The third-order valence-electron chi connectivity index (χ3n) is 9.62. The molecule has 2 amide bonds. The number of nitrogens with zero attached hydrogens (tertiary/aromatic N) is 6. The zero-order chi connectivity index (χ0) is 33.7. The van der Waals surface area contributed by atoms with E-state index in [1.165, 1.54) is 31.6 Å². The van der Waals surface area contributed by atoms with Crippen molar-refractivity contribution >= 4 is 35.0 Å². The Hall–Kier alpha value is -3.64. The molecule has 0 aliphatic carbocycles. The van der Waals surface area contributed by atoms with Gasteiger partial charge in [-0.2, -0.15) is 0 Å². The molecule has 0 radical (unpaired) electrons. The van der Waals surface area contributed by atoms with Crippen LogP contribution in [-0.2, 0) is 11.2 Å². The van der Waals surface area contributed by atoms with Gasteiger partial charge in [-0.25, -0.2) is 14.8 Å². The van der Waals surface area contributed by atoms with E-state index in [1.807, 2.05) is 38.7 Å². The summed E-state index contributed by atoms with van der Waals surface area (Å²) < 4.78 is 5.69. The summed E-state index contributed by atoms with van der Waals surface area (Å²) in [5.41, 5.74) is 9.19. The van der Waals surface area contributed by atoms with Gasteiger partial charge in [-0.3, -0.25) is 9.69 Å². The molecule has 5 rings (SSSR count). The molecule has 47 heavy (non-hydrogen) atoms. The van der Waals surface area contributed by atoms with Gasteiger partial charge in [0.25, 0.3) is 5.91 Å². The number of aryl methyl sites for hydroxylation is 2. The van der Waals surface area contributed by atoms with Crippen LogP contribution in [-0.4, -0.2) is 114 Å². The number of amides is 2. The number of aromatic nitrogens is 2. The first-order valence-electron chi connectivity index (χ1n) is 17.4. The number of ether oxygens (including phenoxy) is 1. The van der Waals surface area contributed by atoms with E-state index in [0.717, 1.165) is 56.7 Å². The molecule has 12 nitrogen and oxygen atoms in total. The lowest BCUT2D eigenvalue weighted by atomic mass is 10.0. The van der Waals surface area contributed by atoms with Gasteiger partial charge in [-0.1, -0.05) is 6.92 Å². The number of piperidine rings is 2. The van der Waals surface area contributed by atoms with Crippen LogP contribution in [0.3, 0.4) is 0 Å². The maximum atomic E-state index is 13.0. The third-order valence-corrected chi connectivity index (χ3v) is 9.62. The van der Waals surface area contributed by atoms with Crippen molar-refractivity contribution in [1.29, 1.82) is 0 Å². The van der Waals surface area contributed by atoms with E-state index in [4.69, 9.17) is 15.5 Å². The first kappa shape index (κ1) is 34.7. The molecule has 12 heteroatoms. The van der Waals surface area contributed by atoms with Crippen LogP contribution in [0.25, 0.3) is 0 Å². The second-order valence-electron chi connectivity index (χ2n) is 14.3. The maximum absolute atomic E-state index is 13.0. The van der Waals surface area contributed by atoms with Gasteiger partial charge < -0.3 is 35.8 Å². The molecule has 3 fully saturated rings. The number of rotatable bonds is 9. The lowest BCUT2D eigenvalue weighted by molar-refractivity contribution is 0.0114. The summed E-state index contributed by atoms with van der Waals surface area (Å²) in [6.07, 6.45) is 5.47. The number of nitrogens with two attached hydrogens (primary N) is 1. The topological polar surface area (TPSA) is 132 Å². The second-order valence-corrected chi connectivity index (χ2v) is 14.3. The molecule has 3 aliphatic heterocycles. The Morgan fingerprint density at radius 3 is 2.34 bits per heavy atom. The fraction of sp³-hybridized carbons (Fsp3) is 0.657. The van der Waals surface area contributed by atoms with Crippen LogP contribution in [0.2, 0.25) is 0 Å². The van der Waals surface area contributed by atoms with E-state index < -0.39 is 11.5 Å². The maximum Gasteiger partial charge on any atom is 0.410 e. The number of carbonyl (C=O) groups excluding carboxylic acids is 2. The number of piperazine rings is 1. The second kappa shape index (κ2) is 15.1. The Balaban J connectivity index is 1.27. The molecule has 1 aromatic heterocycles. The van der Waals surface area contributed by atoms with Crippen LogP contribution >= 0.6 is 0 Å². The number of hydrogen-bond acceptors (Lipinski definition) is 10. The summed E-state index contributed by atoms with van der Waals surface area (Å²) in [6.45, 7) is 17.6. The molecule has 0 saturated carbocycles. The molecule has 1 aromatic carbocycles. The highest BCUT2D eigenvalue weighted by atomic mass is 16.6. The van der Waals surface area contributed by atoms with Crippen molar-refractivity contribution in [3.63, 3.8) is 0 Å². The molecule has 1 atom stereocenters. The first-order chi connectivity index (χ1) is 22.4. The molecule has 0 spiro atoms. The van der Waals surface area contributed by atoms with E-state index >= 15 is 0 Å². The van der Waals surface area contributed by atoms with Crippen molar-refractivity contribution in [2.75, 3.05) is 74.9 Å². The lowest BCUT2D eigenvalue weighted by Gasteiger charge is -2.43. The summed E-state index contributed by atoms with van der Waals surface area (Å²) >= 11 is 0. The van der Waals surface area contributed by atoms with E-state index in [-0.39, 0.29) is 17.8 Å². The SMILES string of the molecule is CCc1nc(C(N)=O)c(Nc2ccc(N3CCC(N4CCN(C)CC4)CC3)c(C)c2)nc1NC[C@@H]1CCCCN1C(=O)OC(C)(C)C. The molecular formula is C35H55N9O3. The monoisotopic (exact) mass is 649 g/mol. The largest absolute Gasteiger partial charge is 0.444 e. The molecule has 3 aliphatic rings. The fourth-order valence-corrected chi connectivity index (χ4v) is 6.99. The van der Waals surface area contributed by atoms with Gasteiger partial charge in [0.2, 0.25) is 0 Å². The van der Waals surface area contributed by atoms with E-state index in [1.54, 1.807) is 0 Å². The van der Waals surface area contributed by atoms with Gasteiger partial charge >= 0.3 is 6.09 Å². The lowest BCUT2D eigenvalue weighted by Crippen LogP contribution is -2.52. The number of anilines is 4. The van der Waals surface area contributed by atoms with Gasteiger partial charge in [-0.05, 0) is 97.0 Å². The minimum atomic E-state index is -0.638. The highest BCUT2D eigenvalue weighted by Crippen LogP contribution is 2.30. The van der Waals surface area contributed by atoms with Crippen LogP contribution in [0.5, 0.6) is 0 Å². The summed E-state index contributed by atoms with van der Waals surface area (Å²) in [6, 6.07) is 6.90. The molecule has 4 N–H and O–H groups in total. The average Bonchev–Trinajstić information content (AvgIpc) is 3.03. The molecular weight excluding hydrogens is 594 g/mol. The Morgan fingerprint density at radius 1 is 0.979 bits per heavy atom. The first-order valence-corrected chi connectivity index (χ1v) is 17.4. The Morgan fingerprint density at radius 2 is 1.70 bits per heavy atom. The van der Waals surface area contributed by atoms with Gasteiger partial charge in [0.1, 0.15) is 11.4 Å². The number of nitrogens with one attached hydrogen (secondary N) is 2. The summed E-state index contributed by atoms with van der Waals surface area (Å²) in [7, 11) is 2.21. The third kappa shape index (κ3) is 8.84. The van der Waals surface area contributed by atoms with E-state index in [2.05, 4.69) is 56.4 Å². The van der Waals surface area contributed by atoms with Crippen molar-refractivity contribution in [3.05, 3.63) is 35.2 Å². The molecule has 2 aromatic rings.